The molecule has 1 rings (SSSR count). The van der Waals surface area contributed by atoms with Crippen LogP contribution in [-0.2, 0) is 6.18 Å². The van der Waals surface area contributed by atoms with Crippen LogP contribution in [0.15, 0.2) is 18.2 Å². The van der Waals surface area contributed by atoms with Gasteiger partial charge in [-0.25, -0.2) is 4.39 Å². The van der Waals surface area contributed by atoms with Crippen LogP contribution in [0.4, 0.5) is 17.6 Å². The molecule has 0 heterocycles. The normalized spacial score (nSPS) is 12.6. The van der Waals surface area contributed by atoms with E-state index in [0.29, 0.717) is 12.1 Å². The monoisotopic (exact) mass is 302 g/mol. The second kappa shape index (κ2) is 6.57. The second-order valence-corrected chi connectivity index (χ2v) is 4.57. The highest BCUT2D eigenvalue weighted by Gasteiger charge is 2.35. The number of rotatable bonds is 4. The van der Waals surface area contributed by atoms with E-state index in [2.05, 4.69) is 0 Å². The van der Waals surface area contributed by atoms with Crippen molar-refractivity contribution in [3.8, 4) is 6.07 Å². The first kappa shape index (κ1) is 17.0. The summed E-state index contributed by atoms with van der Waals surface area (Å²) >= 11 is 0. The third kappa shape index (κ3) is 4.18. The zero-order valence-electron chi connectivity index (χ0n) is 11.5. The van der Waals surface area contributed by atoms with Crippen molar-refractivity contribution in [2.75, 3.05) is 13.1 Å². The Labute approximate surface area is 119 Å². The lowest BCUT2D eigenvalue weighted by atomic mass is 10.1. The predicted molar refractivity (Wildman–Crippen MR) is 67.8 cm³/mol. The Morgan fingerprint density at radius 3 is 2.52 bits per heavy atom. The Balaban J connectivity index is 3.10. The largest absolute Gasteiger partial charge is 0.419 e. The van der Waals surface area contributed by atoms with Gasteiger partial charge in [0, 0.05) is 18.7 Å². The highest BCUT2D eigenvalue weighted by atomic mass is 19.4. The smallest absolute Gasteiger partial charge is 0.338 e. The molecule has 3 nitrogen and oxygen atoms in total. The van der Waals surface area contributed by atoms with Gasteiger partial charge in [0.05, 0.1) is 17.6 Å². The molecule has 1 unspecified atom stereocenters. The van der Waals surface area contributed by atoms with Crippen LogP contribution in [0.5, 0.6) is 0 Å². The average molecular weight is 302 g/mol. The van der Waals surface area contributed by atoms with Crippen molar-refractivity contribution in [2.45, 2.75) is 20.0 Å². The number of halogens is 4. The van der Waals surface area contributed by atoms with E-state index in [1.54, 1.807) is 13.8 Å². The van der Waals surface area contributed by atoms with Crippen molar-refractivity contribution in [3.63, 3.8) is 0 Å². The van der Waals surface area contributed by atoms with E-state index in [-0.39, 0.29) is 18.7 Å². The number of amides is 1. The van der Waals surface area contributed by atoms with E-state index in [1.807, 2.05) is 6.07 Å². The molecule has 1 aromatic rings. The lowest BCUT2D eigenvalue weighted by Crippen LogP contribution is -2.34. The van der Waals surface area contributed by atoms with Gasteiger partial charge in [0.2, 0.25) is 0 Å². The number of carbonyl (C=O) groups excluding carboxylic acids is 1. The van der Waals surface area contributed by atoms with Gasteiger partial charge in [-0.15, -0.1) is 0 Å². The van der Waals surface area contributed by atoms with E-state index in [4.69, 9.17) is 5.26 Å². The molecule has 21 heavy (non-hydrogen) atoms. The molecule has 1 atom stereocenters. The molecule has 1 aromatic carbocycles. The van der Waals surface area contributed by atoms with Crippen LogP contribution in [0.1, 0.15) is 29.8 Å². The van der Waals surface area contributed by atoms with Crippen molar-refractivity contribution in [1.29, 1.82) is 5.26 Å². The fraction of sp³-hybridized carbons (Fsp3) is 0.429. The van der Waals surface area contributed by atoms with Crippen LogP contribution in [0.3, 0.4) is 0 Å². The minimum absolute atomic E-state index is 0.102. The van der Waals surface area contributed by atoms with Crippen LogP contribution in [0, 0.1) is 23.1 Å². The lowest BCUT2D eigenvalue weighted by molar-refractivity contribution is -0.140. The topological polar surface area (TPSA) is 44.1 Å². The summed E-state index contributed by atoms with van der Waals surface area (Å²) in [4.78, 5) is 13.4. The fourth-order valence-electron chi connectivity index (χ4n) is 1.79. The summed E-state index contributed by atoms with van der Waals surface area (Å²) in [5.74, 6) is -2.53. The number of nitrogens with zero attached hydrogens (tertiary/aromatic N) is 2. The molecular weight excluding hydrogens is 288 g/mol. The molecular formula is C14H14F4N2O. The van der Waals surface area contributed by atoms with E-state index in [0.717, 1.165) is 6.07 Å². The van der Waals surface area contributed by atoms with E-state index in [1.165, 1.54) is 4.90 Å². The van der Waals surface area contributed by atoms with Crippen molar-refractivity contribution >= 4 is 5.91 Å². The molecule has 1 amide bonds. The third-order valence-electron chi connectivity index (χ3n) is 2.90. The molecule has 0 spiro atoms. The Morgan fingerprint density at radius 2 is 2.05 bits per heavy atom. The number of hydrogen-bond donors (Lipinski definition) is 0. The van der Waals surface area contributed by atoms with Gasteiger partial charge < -0.3 is 4.90 Å². The zero-order valence-corrected chi connectivity index (χ0v) is 11.5. The van der Waals surface area contributed by atoms with Crippen LogP contribution in [0.2, 0.25) is 0 Å². The average Bonchev–Trinajstić information content (AvgIpc) is 2.42. The Bertz CT molecular complexity index is 563. The molecule has 0 saturated heterocycles. The van der Waals surface area contributed by atoms with Gasteiger partial charge in [-0.3, -0.25) is 4.79 Å². The molecule has 7 heteroatoms. The Morgan fingerprint density at radius 1 is 1.43 bits per heavy atom. The number of nitriles is 1. The molecule has 0 aliphatic carbocycles. The fourth-order valence-corrected chi connectivity index (χ4v) is 1.79. The summed E-state index contributed by atoms with van der Waals surface area (Å²) < 4.78 is 51.1. The standard InChI is InChI=1S/C14H14F4N2O/c1-3-20(8-9(2)7-19)13(21)10-4-5-12(15)11(6-10)14(16,17)18/h4-6,9H,3,8H2,1-2H3. The minimum Gasteiger partial charge on any atom is -0.338 e. The van der Waals surface area contributed by atoms with Crippen molar-refractivity contribution in [2.24, 2.45) is 5.92 Å². The zero-order chi connectivity index (χ0) is 16.2. The maximum absolute atomic E-state index is 13.2. The van der Waals surface area contributed by atoms with Crippen molar-refractivity contribution < 1.29 is 22.4 Å². The van der Waals surface area contributed by atoms with Gasteiger partial charge in [-0.2, -0.15) is 18.4 Å². The summed E-state index contributed by atoms with van der Waals surface area (Å²) in [6.07, 6.45) is -4.86. The number of benzene rings is 1. The van der Waals surface area contributed by atoms with Crippen LogP contribution < -0.4 is 0 Å². The number of hydrogen-bond acceptors (Lipinski definition) is 2. The highest BCUT2D eigenvalue weighted by Crippen LogP contribution is 2.32. The number of alkyl halides is 3. The number of carbonyl (C=O) groups is 1. The first-order valence-corrected chi connectivity index (χ1v) is 6.26. The maximum Gasteiger partial charge on any atom is 0.419 e. The van der Waals surface area contributed by atoms with Gasteiger partial charge in [0.1, 0.15) is 5.82 Å². The molecule has 0 fully saturated rings. The summed E-state index contributed by atoms with van der Waals surface area (Å²) in [5.41, 5.74) is -1.73. The summed E-state index contributed by atoms with van der Waals surface area (Å²) in [5, 5.41) is 8.73. The molecule has 0 radical (unpaired) electrons. The van der Waals surface area contributed by atoms with Crippen molar-refractivity contribution in [3.05, 3.63) is 35.1 Å². The lowest BCUT2D eigenvalue weighted by Gasteiger charge is -2.22. The Kier molecular flexibility index (Phi) is 5.30. The summed E-state index contributed by atoms with van der Waals surface area (Å²) in [7, 11) is 0. The van der Waals surface area contributed by atoms with E-state index in [9.17, 15) is 22.4 Å². The quantitative estimate of drug-likeness (QED) is 0.799. The molecule has 0 bridgehead atoms. The molecule has 0 saturated carbocycles. The second-order valence-electron chi connectivity index (χ2n) is 4.57. The summed E-state index contributed by atoms with van der Waals surface area (Å²) in [6.45, 7) is 3.59. The Hall–Kier alpha value is -2.10. The molecule has 0 aliphatic heterocycles. The predicted octanol–water partition coefficient (Wildman–Crippen LogP) is 3.47. The van der Waals surface area contributed by atoms with E-state index < -0.39 is 29.4 Å². The highest BCUT2D eigenvalue weighted by molar-refractivity contribution is 5.94. The first-order chi connectivity index (χ1) is 9.70. The maximum atomic E-state index is 13.2. The third-order valence-corrected chi connectivity index (χ3v) is 2.90. The SMILES string of the molecule is CCN(CC(C)C#N)C(=O)c1ccc(F)c(C(F)(F)F)c1. The van der Waals surface area contributed by atoms with Gasteiger partial charge in [-0.1, -0.05) is 0 Å². The molecule has 0 aliphatic rings. The van der Waals surface area contributed by atoms with Gasteiger partial charge in [0.15, 0.2) is 0 Å². The van der Waals surface area contributed by atoms with E-state index >= 15 is 0 Å². The van der Waals surface area contributed by atoms with Crippen molar-refractivity contribution in [1.82, 2.24) is 4.90 Å². The molecule has 114 valence electrons. The van der Waals surface area contributed by atoms with Crippen LogP contribution in [-0.4, -0.2) is 23.9 Å². The molecule has 0 N–H and O–H groups in total. The van der Waals surface area contributed by atoms with Gasteiger partial charge >= 0.3 is 6.18 Å². The van der Waals surface area contributed by atoms with Gasteiger partial charge in [-0.05, 0) is 32.0 Å². The minimum atomic E-state index is -4.86. The van der Waals surface area contributed by atoms with Crippen LogP contribution >= 0.6 is 0 Å². The summed E-state index contributed by atoms with van der Waals surface area (Å²) in [6, 6.07) is 4.07. The van der Waals surface area contributed by atoms with Gasteiger partial charge in [0.25, 0.3) is 5.91 Å². The van der Waals surface area contributed by atoms with Crippen LogP contribution in [0.25, 0.3) is 0 Å². The molecule has 0 aromatic heterocycles. The first-order valence-electron chi connectivity index (χ1n) is 6.26.